The van der Waals surface area contributed by atoms with Gasteiger partial charge in [0.1, 0.15) is 5.75 Å². The van der Waals surface area contributed by atoms with Crippen molar-refractivity contribution in [1.29, 1.82) is 0 Å². The van der Waals surface area contributed by atoms with Gasteiger partial charge in [0.05, 0.1) is 12.1 Å². The third-order valence-electron chi connectivity index (χ3n) is 3.48. The molecule has 0 saturated heterocycles. The average molecular weight is 331 g/mol. The lowest BCUT2D eigenvalue weighted by Gasteiger charge is -2.18. The maximum absolute atomic E-state index is 12.0. The van der Waals surface area contributed by atoms with E-state index in [1.165, 1.54) is 0 Å². The SMILES string of the molecule is O=C(Cc1ccccc1Cl)NCc1ccc2c(c1)NC(=O)CO2. The van der Waals surface area contributed by atoms with Crippen molar-refractivity contribution in [3.63, 3.8) is 0 Å². The fourth-order valence-electron chi connectivity index (χ4n) is 2.32. The molecule has 2 amide bonds. The number of nitrogens with one attached hydrogen (secondary N) is 2. The number of ether oxygens (including phenoxy) is 1. The summed E-state index contributed by atoms with van der Waals surface area (Å²) in [6.45, 7) is 0.396. The van der Waals surface area contributed by atoms with E-state index in [-0.39, 0.29) is 24.8 Å². The summed E-state index contributed by atoms with van der Waals surface area (Å²) in [4.78, 5) is 23.3. The van der Waals surface area contributed by atoms with Gasteiger partial charge in [0.15, 0.2) is 6.61 Å². The number of amides is 2. The molecule has 3 rings (SSSR count). The van der Waals surface area contributed by atoms with Gasteiger partial charge in [-0.1, -0.05) is 35.9 Å². The van der Waals surface area contributed by atoms with E-state index >= 15 is 0 Å². The first-order valence-corrected chi connectivity index (χ1v) is 7.55. The van der Waals surface area contributed by atoms with Gasteiger partial charge in [-0.05, 0) is 29.3 Å². The molecule has 0 aliphatic carbocycles. The smallest absolute Gasteiger partial charge is 0.262 e. The van der Waals surface area contributed by atoms with Gasteiger partial charge in [0.25, 0.3) is 5.91 Å². The Balaban J connectivity index is 1.60. The molecule has 1 aliphatic rings. The first-order valence-electron chi connectivity index (χ1n) is 7.17. The maximum Gasteiger partial charge on any atom is 0.262 e. The van der Waals surface area contributed by atoms with Crippen LogP contribution in [0.1, 0.15) is 11.1 Å². The minimum Gasteiger partial charge on any atom is -0.482 e. The van der Waals surface area contributed by atoms with Gasteiger partial charge in [-0.15, -0.1) is 0 Å². The predicted molar refractivity (Wildman–Crippen MR) is 87.6 cm³/mol. The van der Waals surface area contributed by atoms with Crippen LogP contribution in [0.15, 0.2) is 42.5 Å². The van der Waals surface area contributed by atoms with Crippen molar-refractivity contribution >= 4 is 29.1 Å². The van der Waals surface area contributed by atoms with Crippen LogP contribution < -0.4 is 15.4 Å². The van der Waals surface area contributed by atoms with Crippen LogP contribution in [0.3, 0.4) is 0 Å². The van der Waals surface area contributed by atoms with E-state index in [4.69, 9.17) is 16.3 Å². The van der Waals surface area contributed by atoms with E-state index in [0.29, 0.717) is 23.0 Å². The van der Waals surface area contributed by atoms with Gasteiger partial charge >= 0.3 is 0 Å². The Hall–Kier alpha value is -2.53. The summed E-state index contributed by atoms with van der Waals surface area (Å²) in [5.41, 5.74) is 2.29. The van der Waals surface area contributed by atoms with Crippen molar-refractivity contribution in [3.05, 3.63) is 58.6 Å². The highest BCUT2D eigenvalue weighted by Gasteiger charge is 2.16. The zero-order valence-corrected chi connectivity index (χ0v) is 13.0. The first-order chi connectivity index (χ1) is 11.1. The molecule has 2 aromatic carbocycles. The lowest BCUT2D eigenvalue weighted by atomic mass is 10.1. The molecule has 2 aromatic rings. The molecule has 0 spiro atoms. The number of halogens is 1. The summed E-state index contributed by atoms with van der Waals surface area (Å²) in [7, 11) is 0. The van der Waals surface area contributed by atoms with Crippen LogP contribution in [-0.4, -0.2) is 18.4 Å². The largest absolute Gasteiger partial charge is 0.482 e. The van der Waals surface area contributed by atoms with Crippen LogP contribution in [0.25, 0.3) is 0 Å². The van der Waals surface area contributed by atoms with Crippen LogP contribution in [0.5, 0.6) is 5.75 Å². The molecular weight excluding hydrogens is 316 g/mol. The first kappa shape index (κ1) is 15.4. The molecule has 23 heavy (non-hydrogen) atoms. The van der Waals surface area contributed by atoms with Crippen molar-refractivity contribution < 1.29 is 14.3 Å². The van der Waals surface area contributed by atoms with Crippen molar-refractivity contribution in [2.75, 3.05) is 11.9 Å². The fraction of sp³-hybridized carbons (Fsp3) is 0.176. The lowest BCUT2D eigenvalue weighted by Crippen LogP contribution is -2.26. The maximum atomic E-state index is 12.0. The number of fused-ring (bicyclic) bond motifs is 1. The van der Waals surface area contributed by atoms with Crippen LogP contribution in [0.4, 0.5) is 5.69 Å². The van der Waals surface area contributed by atoms with Crippen LogP contribution in [0, 0.1) is 0 Å². The van der Waals surface area contributed by atoms with Gasteiger partial charge in [-0.3, -0.25) is 9.59 Å². The van der Waals surface area contributed by atoms with Crippen molar-refractivity contribution in [2.24, 2.45) is 0 Å². The molecule has 118 valence electrons. The molecule has 0 aromatic heterocycles. The van der Waals surface area contributed by atoms with Crippen LogP contribution in [0.2, 0.25) is 5.02 Å². The van der Waals surface area contributed by atoms with Gasteiger partial charge in [-0.25, -0.2) is 0 Å². The molecule has 1 aliphatic heterocycles. The molecular formula is C17H15ClN2O3. The second-order valence-corrected chi connectivity index (χ2v) is 5.62. The number of hydrogen-bond acceptors (Lipinski definition) is 3. The van der Waals surface area contributed by atoms with Gasteiger partial charge in [-0.2, -0.15) is 0 Å². The van der Waals surface area contributed by atoms with E-state index in [0.717, 1.165) is 11.1 Å². The summed E-state index contributed by atoms with van der Waals surface area (Å²) in [5, 5.41) is 6.16. The summed E-state index contributed by atoms with van der Waals surface area (Å²) in [6, 6.07) is 12.7. The Kier molecular flexibility index (Phi) is 4.48. The minimum absolute atomic E-state index is 0.0287. The Morgan fingerprint density at radius 1 is 1.26 bits per heavy atom. The fourth-order valence-corrected chi connectivity index (χ4v) is 2.52. The Bertz CT molecular complexity index is 761. The van der Waals surface area contributed by atoms with Gasteiger partial charge in [0.2, 0.25) is 5.91 Å². The summed E-state index contributed by atoms with van der Waals surface area (Å²) >= 11 is 6.04. The third-order valence-corrected chi connectivity index (χ3v) is 3.84. The van der Waals surface area contributed by atoms with Crippen LogP contribution >= 0.6 is 11.6 Å². The molecule has 0 bridgehead atoms. The van der Waals surface area contributed by atoms with Gasteiger partial charge < -0.3 is 15.4 Å². The van der Waals surface area contributed by atoms with E-state index in [9.17, 15) is 9.59 Å². The average Bonchev–Trinajstić information content (AvgIpc) is 2.54. The standard InChI is InChI=1S/C17H15ClN2O3/c18-13-4-2-1-3-12(13)8-16(21)19-9-11-5-6-15-14(7-11)20-17(22)10-23-15/h1-7H,8-10H2,(H,19,21)(H,20,22). The monoisotopic (exact) mass is 330 g/mol. The number of anilines is 1. The highest BCUT2D eigenvalue weighted by atomic mass is 35.5. The highest BCUT2D eigenvalue weighted by molar-refractivity contribution is 6.31. The topological polar surface area (TPSA) is 67.4 Å². The Morgan fingerprint density at radius 3 is 2.91 bits per heavy atom. The molecule has 0 radical (unpaired) electrons. The second-order valence-electron chi connectivity index (χ2n) is 5.21. The number of carbonyl (C=O) groups excluding carboxylic acids is 2. The minimum atomic E-state index is -0.183. The third kappa shape index (κ3) is 3.81. The molecule has 6 heteroatoms. The van der Waals surface area contributed by atoms with E-state index in [1.807, 2.05) is 24.3 Å². The Morgan fingerprint density at radius 2 is 2.09 bits per heavy atom. The zero-order valence-electron chi connectivity index (χ0n) is 12.3. The van der Waals surface area contributed by atoms with Crippen molar-refractivity contribution in [1.82, 2.24) is 5.32 Å². The normalized spacial score (nSPS) is 12.8. The highest BCUT2D eigenvalue weighted by Crippen LogP contribution is 2.28. The second kappa shape index (κ2) is 6.71. The molecule has 5 nitrogen and oxygen atoms in total. The number of rotatable bonds is 4. The number of benzene rings is 2. The molecule has 1 heterocycles. The lowest BCUT2D eigenvalue weighted by molar-refractivity contribution is -0.120. The molecule has 0 atom stereocenters. The number of hydrogen-bond donors (Lipinski definition) is 2. The summed E-state index contributed by atoms with van der Waals surface area (Å²) in [6.07, 6.45) is 0.227. The van der Waals surface area contributed by atoms with Gasteiger partial charge in [0, 0.05) is 11.6 Å². The molecule has 0 fully saturated rings. The zero-order chi connectivity index (χ0) is 16.2. The molecule has 2 N–H and O–H groups in total. The van der Waals surface area contributed by atoms with Crippen molar-refractivity contribution in [3.8, 4) is 5.75 Å². The molecule has 0 unspecified atom stereocenters. The van der Waals surface area contributed by atoms with Crippen LogP contribution in [-0.2, 0) is 22.6 Å². The predicted octanol–water partition coefficient (Wildman–Crippen LogP) is 2.53. The van der Waals surface area contributed by atoms with Crippen molar-refractivity contribution in [2.45, 2.75) is 13.0 Å². The van der Waals surface area contributed by atoms with E-state index in [2.05, 4.69) is 10.6 Å². The quantitative estimate of drug-likeness (QED) is 0.905. The number of carbonyl (C=O) groups is 2. The Labute approximate surface area is 138 Å². The summed E-state index contributed by atoms with van der Waals surface area (Å²) < 4.78 is 5.29. The van der Waals surface area contributed by atoms with E-state index in [1.54, 1.807) is 18.2 Å². The van der Waals surface area contributed by atoms with E-state index < -0.39 is 0 Å². The summed E-state index contributed by atoms with van der Waals surface area (Å²) in [5.74, 6) is 0.337. The molecule has 0 saturated carbocycles.